The van der Waals surface area contributed by atoms with Gasteiger partial charge in [0.15, 0.2) is 0 Å². The molecule has 1 saturated carbocycles. The van der Waals surface area contributed by atoms with Gasteiger partial charge in [0.25, 0.3) is 0 Å². The van der Waals surface area contributed by atoms with Crippen LogP contribution in [-0.4, -0.2) is 19.1 Å². The van der Waals surface area contributed by atoms with Crippen LogP contribution in [0.5, 0.6) is 0 Å². The fraction of sp³-hybridized carbons (Fsp3) is 0.538. The number of anilines is 2. The molecule has 2 nitrogen and oxygen atoms in total. The number of nitrogens with zero attached hydrogens (tertiary/aromatic N) is 1. The molecule has 0 unspecified atom stereocenters. The zero-order valence-corrected chi connectivity index (χ0v) is 10.1. The second kappa shape index (κ2) is 3.56. The van der Waals surface area contributed by atoms with Crippen LogP contribution in [0.15, 0.2) is 18.2 Å². The second-order valence-electron chi connectivity index (χ2n) is 5.22. The van der Waals surface area contributed by atoms with Crippen LogP contribution in [-0.2, 0) is 6.18 Å². The summed E-state index contributed by atoms with van der Waals surface area (Å²) in [6, 6.07) is 3.92. The Labute approximate surface area is 104 Å². The van der Waals surface area contributed by atoms with Crippen LogP contribution in [0, 0.1) is 0 Å². The van der Waals surface area contributed by atoms with Gasteiger partial charge in [-0.3, -0.25) is 0 Å². The first-order valence-electron chi connectivity index (χ1n) is 6.11. The molecule has 0 saturated heterocycles. The Kier molecular flexibility index (Phi) is 2.31. The summed E-state index contributed by atoms with van der Waals surface area (Å²) >= 11 is 0. The van der Waals surface area contributed by atoms with Gasteiger partial charge in [0.2, 0.25) is 0 Å². The summed E-state index contributed by atoms with van der Waals surface area (Å²) < 4.78 is 38.2. The number of hydrogen-bond donors (Lipinski definition) is 1. The van der Waals surface area contributed by atoms with E-state index in [0.717, 1.165) is 37.6 Å². The van der Waals surface area contributed by atoms with Crippen LogP contribution < -0.4 is 10.2 Å². The van der Waals surface area contributed by atoms with Gasteiger partial charge in [-0.15, -0.1) is 0 Å². The smallest absolute Gasteiger partial charge is 0.381 e. The van der Waals surface area contributed by atoms with Crippen molar-refractivity contribution in [3.05, 3.63) is 23.8 Å². The summed E-state index contributed by atoms with van der Waals surface area (Å²) in [6.07, 6.45) is -1.03. The third-order valence-electron chi connectivity index (χ3n) is 4.29. The van der Waals surface area contributed by atoms with Gasteiger partial charge in [0.1, 0.15) is 0 Å². The van der Waals surface area contributed by atoms with E-state index in [4.69, 9.17) is 0 Å². The van der Waals surface area contributed by atoms with Gasteiger partial charge in [-0.05, 0) is 37.5 Å². The molecule has 1 N–H and O–H groups in total. The predicted octanol–water partition coefficient (Wildman–Crippen LogP) is 3.49. The molecule has 1 fully saturated rings. The number of halogens is 3. The fourth-order valence-corrected chi connectivity index (χ4v) is 2.87. The molecule has 18 heavy (non-hydrogen) atoms. The molecule has 1 heterocycles. The van der Waals surface area contributed by atoms with E-state index in [1.165, 1.54) is 12.1 Å². The molecular weight excluding hydrogens is 241 g/mol. The lowest BCUT2D eigenvalue weighted by molar-refractivity contribution is -0.137. The molecule has 0 atom stereocenters. The number of nitrogens with one attached hydrogen (secondary N) is 1. The quantitative estimate of drug-likeness (QED) is 0.764. The number of rotatable bonds is 0. The summed E-state index contributed by atoms with van der Waals surface area (Å²) in [7, 11) is 1.90. The van der Waals surface area contributed by atoms with Crippen molar-refractivity contribution in [3.8, 4) is 0 Å². The van der Waals surface area contributed by atoms with Crippen molar-refractivity contribution >= 4 is 11.4 Å². The summed E-state index contributed by atoms with van der Waals surface area (Å²) in [6.45, 7) is 0.821. The molecule has 1 aromatic carbocycles. The average Bonchev–Trinajstić information content (AvgIpc) is 2.26. The van der Waals surface area contributed by atoms with Gasteiger partial charge in [0, 0.05) is 13.6 Å². The van der Waals surface area contributed by atoms with E-state index in [9.17, 15) is 13.2 Å². The minimum Gasteiger partial charge on any atom is -0.381 e. The molecule has 1 aliphatic heterocycles. The predicted molar refractivity (Wildman–Crippen MR) is 64.9 cm³/mol. The van der Waals surface area contributed by atoms with Gasteiger partial charge >= 0.3 is 6.18 Å². The van der Waals surface area contributed by atoms with Crippen LogP contribution >= 0.6 is 0 Å². The molecule has 1 aromatic rings. The fourth-order valence-electron chi connectivity index (χ4n) is 2.87. The topological polar surface area (TPSA) is 15.3 Å². The number of alkyl halides is 3. The molecule has 2 aliphatic rings. The van der Waals surface area contributed by atoms with Crippen molar-refractivity contribution in [2.75, 3.05) is 23.8 Å². The van der Waals surface area contributed by atoms with E-state index in [2.05, 4.69) is 5.32 Å². The molecule has 0 bridgehead atoms. The minimum atomic E-state index is -4.28. The lowest BCUT2D eigenvalue weighted by atomic mass is 9.74. The normalized spacial score (nSPS) is 21.2. The van der Waals surface area contributed by atoms with Crippen LogP contribution in [0.25, 0.3) is 0 Å². The second-order valence-corrected chi connectivity index (χ2v) is 5.22. The Bertz CT molecular complexity index is 478. The SMILES string of the molecule is CN1c2cc(C(F)(F)F)ccc2NCC12CCC2. The van der Waals surface area contributed by atoms with Crippen molar-refractivity contribution in [1.82, 2.24) is 0 Å². The first-order chi connectivity index (χ1) is 8.42. The van der Waals surface area contributed by atoms with Crippen LogP contribution in [0.3, 0.4) is 0 Å². The molecule has 3 rings (SSSR count). The van der Waals surface area contributed by atoms with Crippen molar-refractivity contribution in [2.24, 2.45) is 0 Å². The third-order valence-corrected chi connectivity index (χ3v) is 4.29. The van der Waals surface area contributed by atoms with E-state index >= 15 is 0 Å². The number of hydrogen-bond acceptors (Lipinski definition) is 2. The van der Waals surface area contributed by atoms with Crippen molar-refractivity contribution in [1.29, 1.82) is 0 Å². The molecule has 1 aliphatic carbocycles. The van der Waals surface area contributed by atoms with Gasteiger partial charge in [-0.25, -0.2) is 0 Å². The number of benzene rings is 1. The number of fused-ring (bicyclic) bond motifs is 1. The Morgan fingerprint density at radius 3 is 2.56 bits per heavy atom. The van der Waals surface area contributed by atoms with Crippen molar-refractivity contribution < 1.29 is 13.2 Å². The summed E-state index contributed by atoms with van der Waals surface area (Å²) in [5, 5.41) is 3.26. The lowest BCUT2D eigenvalue weighted by Gasteiger charge is -2.53. The highest BCUT2D eigenvalue weighted by Crippen LogP contribution is 2.46. The van der Waals surface area contributed by atoms with Gasteiger partial charge in [0.05, 0.1) is 22.5 Å². The Hall–Kier alpha value is -1.39. The summed E-state index contributed by atoms with van der Waals surface area (Å²) in [5.74, 6) is 0. The number of likely N-dealkylation sites (N-methyl/N-ethyl adjacent to an activating group) is 1. The van der Waals surface area contributed by atoms with E-state index in [1.54, 1.807) is 0 Å². The molecule has 0 amide bonds. The molecule has 0 radical (unpaired) electrons. The van der Waals surface area contributed by atoms with Crippen molar-refractivity contribution in [3.63, 3.8) is 0 Å². The van der Waals surface area contributed by atoms with E-state index in [0.29, 0.717) is 5.69 Å². The average molecular weight is 256 g/mol. The summed E-state index contributed by atoms with van der Waals surface area (Å²) in [4.78, 5) is 2.03. The first kappa shape index (κ1) is 11.7. The largest absolute Gasteiger partial charge is 0.416 e. The zero-order chi connectivity index (χ0) is 13.0. The maximum Gasteiger partial charge on any atom is 0.416 e. The molecular formula is C13H15F3N2. The van der Waals surface area contributed by atoms with E-state index in [1.807, 2.05) is 11.9 Å². The van der Waals surface area contributed by atoms with Gasteiger partial charge in [-0.2, -0.15) is 13.2 Å². The maximum absolute atomic E-state index is 12.7. The summed E-state index contributed by atoms with van der Waals surface area (Å²) in [5.41, 5.74) is 0.905. The lowest BCUT2D eigenvalue weighted by Crippen LogP contribution is -2.59. The highest BCUT2D eigenvalue weighted by atomic mass is 19.4. The molecule has 5 heteroatoms. The van der Waals surface area contributed by atoms with Gasteiger partial charge < -0.3 is 10.2 Å². The Morgan fingerprint density at radius 1 is 1.28 bits per heavy atom. The van der Waals surface area contributed by atoms with E-state index < -0.39 is 11.7 Å². The highest BCUT2D eigenvalue weighted by Gasteiger charge is 2.44. The Balaban J connectivity index is 2.02. The zero-order valence-electron chi connectivity index (χ0n) is 10.1. The first-order valence-corrected chi connectivity index (χ1v) is 6.11. The van der Waals surface area contributed by atoms with Crippen molar-refractivity contribution in [2.45, 2.75) is 31.0 Å². The molecule has 1 spiro atoms. The highest BCUT2D eigenvalue weighted by molar-refractivity contribution is 5.74. The maximum atomic E-state index is 12.7. The van der Waals surface area contributed by atoms with Crippen LogP contribution in [0.2, 0.25) is 0 Å². The standard InChI is InChI=1S/C13H15F3N2/c1-18-11-7-9(13(14,15)16)3-4-10(11)17-8-12(18)5-2-6-12/h3-4,7,17H,2,5-6,8H2,1H3. The van der Waals surface area contributed by atoms with Crippen LogP contribution in [0.1, 0.15) is 24.8 Å². The van der Waals surface area contributed by atoms with E-state index in [-0.39, 0.29) is 5.54 Å². The minimum absolute atomic E-state index is 0.0250. The third kappa shape index (κ3) is 1.56. The molecule has 0 aromatic heterocycles. The molecule has 98 valence electrons. The Morgan fingerprint density at radius 2 is 2.00 bits per heavy atom. The van der Waals surface area contributed by atoms with Gasteiger partial charge in [-0.1, -0.05) is 0 Å². The van der Waals surface area contributed by atoms with Crippen LogP contribution in [0.4, 0.5) is 24.5 Å². The monoisotopic (exact) mass is 256 g/mol.